The number of carbonyl (C=O) groups is 3. The van der Waals surface area contributed by atoms with E-state index in [0.717, 1.165) is 51.7 Å². The Balaban J connectivity index is 1.35. The molecule has 186 valence electrons. The van der Waals surface area contributed by atoms with Gasteiger partial charge in [0.15, 0.2) is 0 Å². The van der Waals surface area contributed by atoms with Crippen molar-refractivity contribution >= 4 is 29.1 Å². The number of piperazine rings is 1. The van der Waals surface area contributed by atoms with Crippen molar-refractivity contribution in [1.29, 1.82) is 0 Å². The minimum atomic E-state index is -1.47. The second-order valence-corrected chi connectivity index (χ2v) is 10.8. The Labute approximate surface area is 209 Å². The normalized spacial score (nSPS) is 24.4. The first-order chi connectivity index (χ1) is 17.0. The largest absolute Gasteiger partial charge is 0.340 e. The van der Waals surface area contributed by atoms with Gasteiger partial charge in [0.2, 0.25) is 17.7 Å². The summed E-state index contributed by atoms with van der Waals surface area (Å²) >= 11 is 1.68. The lowest BCUT2D eigenvalue weighted by Gasteiger charge is -2.37. The first-order valence-electron chi connectivity index (χ1n) is 12.6. The summed E-state index contributed by atoms with van der Waals surface area (Å²) in [5, 5.41) is 4.20. The molecular weight excluding hydrogens is 465 g/mol. The standard InChI is InChI=1S/C27H32FN3O3S/c28-23-9-5-4-8-22(23)27(17-25(33)31(26(27)34)21-6-2-1-3-7-21)16-24(32)30-13-11-29(12-14-30)18-20-10-15-35-19-20/h4-5,8-10,15,19,21H,1-3,6-7,11-14,16-18H2/t27-/m0/s1. The van der Waals surface area contributed by atoms with Crippen LogP contribution >= 0.6 is 11.3 Å². The fourth-order valence-electron chi connectivity index (χ4n) is 5.93. The van der Waals surface area contributed by atoms with Crippen LogP contribution < -0.4 is 0 Å². The van der Waals surface area contributed by atoms with E-state index in [1.807, 2.05) is 0 Å². The topological polar surface area (TPSA) is 60.9 Å². The fourth-order valence-corrected chi connectivity index (χ4v) is 6.59. The third-order valence-corrected chi connectivity index (χ3v) is 8.58. The molecule has 8 heteroatoms. The number of benzene rings is 1. The third-order valence-electron chi connectivity index (χ3n) is 7.84. The van der Waals surface area contributed by atoms with Gasteiger partial charge in [-0.05, 0) is 41.3 Å². The van der Waals surface area contributed by atoms with Crippen molar-refractivity contribution in [3.05, 3.63) is 58.0 Å². The van der Waals surface area contributed by atoms with Crippen LogP contribution in [0.5, 0.6) is 0 Å². The molecule has 1 saturated carbocycles. The van der Waals surface area contributed by atoms with Gasteiger partial charge in [0, 0.05) is 57.2 Å². The molecule has 1 aliphatic carbocycles. The summed E-state index contributed by atoms with van der Waals surface area (Å²) in [5.41, 5.74) is -0.0302. The zero-order valence-corrected chi connectivity index (χ0v) is 20.8. The van der Waals surface area contributed by atoms with Crippen LogP contribution in [0.2, 0.25) is 0 Å². The Bertz CT molecular complexity index is 1080. The Morgan fingerprint density at radius 2 is 1.77 bits per heavy atom. The molecule has 35 heavy (non-hydrogen) atoms. The second-order valence-electron chi connectivity index (χ2n) is 10.1. The van der Waals surface area contributed by atoms with Gasteiger partial charge >= 0.3 is 0 Å². The summed E-state index contributed by atoms with van der Waals surface area (Å²) in [6.45, 7) is 3.47. The van der Waals surface area contributed by atoms with E-state index in [-0.39, 0.29) is 36.3 Å². The number of hydrogen-bond donors (Lipinski definition) is 0. The van der Waals surface area contributed by atoms with Gasteiger partial charge in [0.25, 0.3) is 0 Å². The molecular formula is C27H32FN3O3S. The number of likely N-dealkylation sites (tertiary alicyclic amines) is 1. The number of rotatable bonds is 6. The molecule has 2 aliphatic heterocycles. The molecule has 1 aromatic heterocycles. The van der Waals surface area contributed by atoms with E-state index in [0.29, 0.717) is 13.1 Å². The molecule has 5 rings (SSSR count). The zero-order valence-electron chi connectivity index (χ0n) is 20.0. The number of hydrogen-bond acceptors (Lipinski definition) is 5. The number of halogens is 1. The Morgan fingerprint density at radius 3 is 2.46 bits per heavy atom. The molecule has 0 N–H and O–H groups in total. The van der Waals surface area contributed by atoms with Crippen molar-refractivity contribution in [3.63, 3.8) is 0 Å². The Morgan fingerprint density at radius 1 is 1.03 bits per heavy atom. The maximum atomic E-state index is 15.1. The summed E-state index contributed by atoms with van der Waals surface area (Å²) in [5.74, 6) is -1.40. The van der Waals surface area contributed by atoms with E-state index in [1.165, 1.54) is 16.5 Å². The molecule has 3 heterocycles. The number of thiophene rings is 1. The van der Waals surface area contributed by atoms with Crippen LogP contribution in [0.4, 0.5) is 4.39 Å². The smallest absolute Gasteiger partial charge is 0.241 e. The minimum absolute atomic E-state index is 0.145. The highest BCUT2D eigenvalue weighted by Crippen LogP contribution is 2.43. The molecule has 6 nitrogen and oxygen atoms in total. The number of imide groups is 1. The molecule has 0 spiro atoms. The predicted octanol–water partition coefficient (Wildman–Crippen LogP) is 3.95. The zero-order chi connectivity index (χ0) is 24.4. The lowest BCUT2D eigenvalue weighted by molar-refractivity contribution is -0.145. The van der Waals surface area contributed by atoms with Crippen molar-refractivity contribution in [2.45, 2.75) is 62.9 Å². The van der Waals surface area contributed by atoms with Gasteiger partial charge in [0.05, 0.1) is 5.41 Å². The monoisotopic (exact) mass is 497 g/mol. The van der Waals surface area contributed by atoms with E-state index in [1.54, 1.807) is 34.4 Å². The molecule has 3 amide bonds. The molecule has 2 aromatic rings. The van der Waals surface area contributed by atoms with E-state index in [9.17, 15) is 14.4 Å². The maximum Gasteiger partial charge on any atom is 0.241 e. The number of carbonyl (C=O) groups excluding carboxylic acids is 3. The van der Waals surface area contributed by atoms with Crippen molar-refractivity contribution in [1.82, 2.24) is 14.7 Å². The summed E-state index contributed by atoms with van der Waals surface area (Å²) in [6, 6.07) is 8.09. The molecule has 1 atom stereocenters. The highest BCUT2D eigenvalue weighted by Gasteiger charge is 2.56. The van der Waals surface area contributed by atoms with Crippen molar-refractivity contribution < 1.29 is 18.8 Å². The van der Waals surface area contributed by atoms with Gasteiger partial charge in [-0.2, -0.15) is 11.3 Å². The average molecular weight is 498 g/mol. The first-order valence-corrected chi connectivity index (χ1v) is 13.5. The van der Waals surface area contributed by atoms with Crippen LogP contribution in [0.25, 0.3) is 0 Å². The van der Waals surface area contributed by atoms with Crippen LogP contribution in [0, 0.1) is 5.82 Å². The molecule has 0 unspecified atom stereocenters. The molecule has 3 fully saturated rings. The third kappa shape index (κ3) is 4.78. The SMILES string of the molecule is O=C(C[C@@]1(c2ccccc2F)CC(=O)N(C2CCCCC2)C1=O)N1CCN(Cc2ccsc2)CC1. The van der Waals surface area contributed by atoms with Crippen LogP contribution in [-0.4, -0.2) is 64.6 Å². The summed E-state index contributed by atoms with van der Waals surface area (Å²) in [7, 11) is 0. The number of amides is 3. The molecule has 1 aromatic carbocycles. The minimum Gasteiger partial charge on any atom is -0.340 e. The van der Waals surface area contributed by atoms with Gasteiger partial charge < -0.3 is 4.90 Å². The van der Waals surface area contributed by atoms with Crippen LogP contribution in [-0.2, 0) is 26.3 Å². The summed E-state index contributed by atoms with van der Waals surface area (Å²) in [6.07, 6.45) is 4.29. The van der Waals surface area contributed by atoms with Gasteiger partial charge in [-0.1, -0.05) is 37.5 Å². The molecule has 0 radical (unpaired) electrons. The molecule has 3 aliphatic rings. The van der Waals surface area contributed by atoms with Gasteiger partial charge in [-0.25, -0.2) is 4.39 Å². The predicted molar refractivity (Wildman–Crippen MR) is 132 cm³/mol. The van der Waals surface area contributed by atoms with Crippen molar-refractivity contribution in [3.8, 4) is 0 Å². The van der Waals surface area contributed by atoms with E-state index >= 15 is 4.39 Å². The summed E-state index contributed by atoms with van der Waals surface area (Å²) in [4.78, 5) is 46.1. The van der Waals surface area contributed by atoms with E-state index < -0.39 is 17.1 Å². The highest BCUT2D eigenvalue weighted by atomic mass is 32.1. The molecule has 2 saturated heterocycles. The van der Waals surface area contributed by atoms with Crippen LogP contribution in [0.15, 0.2) is 41.1 Å². The molecule has 0 bridgehead atoms. The number of nitrogens with zero attached hydrogens (tertiary/aromatic N) is 3. The van der Waals surface area contributed by atoms with Crippen LogP contribution in [0.1, 0.15) is 56.1 Å². The van der Waals surface area contributed by atoms with E-state index in [2.05, 4.69) is 21.7 Å². The highest BCUT2D eigenvalue weighted by molar-refractivity contribution is 7.07. The average Bonchev–Trinajstić information content (AvgIpc) is 3.46. The van der Waals surface area contributed by atoms with Gasteiger partial charge in [0.1, 0.15) is 5.82 Å². The second kappa shape index (κ2) is 10.2. The quantitative estimate of drug-likeness (QED) is 0.567. The lowest BCUT2D eigenvalue weighted by Crippen LogP contribution is -2.51. The first kappa shape index (κ1) is 24.1. The Hall–Kier alpha value is -2.58. The van der Waals surface area contributed by atoms with Crippen LogP contribution in [0.3, 0.4) is 0 Å². The maximum absolute atomic E-state index is 15.1. The fraction of sp³-hybridized carbons (Fsp3) is 0.519. The lowest BCUT2D eigenvalue weighted by atomic mass is 9.75. The van der Waals surface area contributed by atoms with Crippen molar-refractivity contribution in [2.75, 3.05) is 26.2 Å². The van der Waals surface area contributed by atoms with Gasteiger partial charge in [-0.15, -0.1) is 0 Å². The van der Waals surface area contributed by atoms with Crippen molar-refractivity contribution in [2.24, 2.45) is 0 Å². The Kier molecular flexibility index (Phi) is 7.02. The summed E-state index contributed by atoms with van der Waals surface area (Å²) < 4.78 is 15.1. The van der Waals surface area contributed by atoms with E-state index in [4.69, 9.17) is 0 Å². The van der Waals surface area contributed by atoms with Gasteiger partial charge in [-0.3, -0.25) is 24.2 Å².